The van der Waals surface area contributed by atoms with E-state index in [2.05, 4.69) is 52.8 Å². The molecule has 1 unspecified atom stereocenters. The smallest absolute Gasteiger partial charge is 0.191 e. The Morgan fingerprint density at radius 2 is 2.12 bits per heavy atom. The first-order chi connectivity index (χ1) is 12.3. The normalized spacial score (nSPS) is 18.5. The van der Waals surface area contributed by atoms with Gasteiger partial charge in [-0.1, -0.05) is 30.3 Å². The molecule has 1 aliphatic rings. The molecule has 2 N–H and O–H groups in total. The third kappa shape index (κ3) is 7.45. The van der Waals surface area contributed by atoms with E-state index in [1.54, 1.807) is 7.11 Å². The molecule has 1 aromatic carbocycles. The molecular weight excluding hydrogens is 312 g/mol. The van der Waals surface area contributed by atoms with Crippen molar-refractivity contribution in [3.8, 4) is 0 Å². The van der Waals surface area contributed by atoms with Crippen molar-refractivity contribution in [2.75, 3.05) is 46.4 Å². The van der Waals surface area contributed by atoms with Gasteiger partial charge >= 0.3 is 0 Å². The zero-order valence-corrected chi connectivity index (χ0v) is 15.8. The van der Waals surface area contributed by atoms with Crippen molar-refractivity contribution >= 4 is 5.96 Å². The second-order valence-electron chi connectivity index (χ2n) is 6.56. The summed E-state index contributed by atoms with van der Waals surface area (Å²) in [5.74, 6) is 0.939. The summed E-state index contributed by atoms with van der Waals surface area (Å²) in [5, 5.41) is 6.83. The minimum Gasteiger partial charge on any atom is -0.383 e. The summed E-state index contributed by atoms with van der Waals surface area (Å²) >= 11 is 0. The number of benzene rings is 1. The number of nitrogens with one attached hydrogen (secondary N) is 2. The predicted molar refractivity (Wildman–Crippen MR) is 105 cm³/mol. The van der Waals surface area contributed by atoms with Gasteiger partial charge < -0.3 is 15.4 Å². The van der Waals surface area contributed by atoms with Gasteiger partial charge in [-0.15, -0.1) is 0 Å². The van der Waals surface area contributed by atoms with Gasteiger partial charge in [-0.2, -0.15) is 0 Å². The van der Waals surface area contributed by atoms with Crippen molar-refractivity contribution < 1.29 is 4.74 Å². The van der Waals surface area contributed by atoms with Gasteiger partial charge in [0.15, 0.2) is 5.96 Å². The van der Waals surface area contributed by atoms with E-state index in [4.69, 9.17) is 9.73 Å². The first-order valence-electron chi connectivity index (χ1n) is 9.62. The fourth-order valence-electron chi connectivity index (χ4n) is 3.29. The van der Waals surface area contributed by atoms with Crippen LogP contribution in [0.15, 0.2) is 35.3 Å². The van der Waals surface area contributed by atoms with Gasteiger partial charge in [-0.3, -0.25) is 9.89 Å². The van der Waals surface area contributed by atoms with Crippen molar-refractivity contribution in [3.63, 3.8) is 0 Å². The van der Waals surface area contributed by atoms with Crippen LogP contribution in [-0.2, 0) is 11.2 Å². The molecule has 1 aromatic rings. The minimum atomic E-state index is 0.551. The molecule has 0 saturated carbocycles. The maximum atomic E-state index is 5.22. The molecule has 1 heterocycles. The van der Waals surface area contributed by atoms with Crippen molar-refractivity contribution in [2.45, 2.75) is 38.6 Å². The molecular formula is C20H34N4O. The van der Waals surface area contributed by atoms with E-state index >= 15 is 0 Å². The third-order valence-corrected chi connectivity index (χ3v) is 4.66. The number of rotatable bonds is 10. The van der Waals surface area contributed by atoms with Crippen LogP contribution in [0.1, 0.15) is 31.7 Å². The maximum absolute atomic E-state index is 5.22. The Kier molecular flexibility index (Phi) is 9.37. The highest BCUT2D eigenvalue weighted by Crippen LogP contribution is 2.16. The predicted octanol–water partition coefficient (Wildman–Crippen LogP) is 2.29. The fourth-order valence-corrected chi connectivity index (χ4v) is 3.29. The molecule has 1 atom stereocenters. The number of likely N-dealkylation sites (tertiary alicyclic amines) is 1. The first-order valence-corrected chi connectivity index (χ1v) is 9.62. The topological polar surface area (TPSA) is 48.9 Å². The van der Waals surface area contributed by atoms with E-state index in [-0.39, 0.29) is 0 Å². The summed E-state index contributed by atoms with van der Waals surface area (Å²) < 4.78 is 5.22. The average Bonchev–Trinajstić information content (AvgIpc) is 3.09. The van der Waals surface area contributed by atoms with E-state index in [1.165, 1.54) is 24.9 Å². The van der Waals surface area contributed by atoms with Crippen LogP contribution < -0.4 is 10.6 Å². The van der Waals surface area contributed by atoms with Crippen molar-refractivity contribution in [2.24, 2.45) is 4.99 Å². The number of nitrogens with zero attached hydrogens (tertiary/aromatic N) is 2. The largest absolute Gasteiger partial charge is 0.383 e. The summed E-state index contributed by atoms with van der Waals surface area (Å²) in [5.41, 5.74) is 1.39. The van der Waals surface area contributed by atoms with Gasteiger partial charge in [0.1, 0.15) is 0 Å². The molecule has 1 fully saturated rings. The summed E-state index contributed by atoms with van der Waals surface area (Å²) in [7, 11) is 1.77. The lowest BCUT2D eigenvalue weighted by Gasteiger charge is -2.23. The van der Waals surface area contributed by atoms with Gasteiger partial charge in [0.2, 0.25) is 0 Å². The van der Waals surface area contributed by atoms with Gasteiger partial charge in [0, 0.05) is 32.8 Å². The van der Waals surface area contributed by atoms with Crippen LogP contribution in [0.25, 0.3) is 0 Å². The van der Waals surface area contributed by atoms with Gasteiger partial charge in [-0.25, -0.2) is 0 Å². The van der Waals surface area contributed by atoms with E-state index in [1.807, 2.05) is 0 Å². The zero-order valence-electron chi connectivity index (χ0n) is 15.8. The molecule has 0 spiro atoms. The molecule has 0 aliphatic carbocycles. The molecule has 0 bridgehead atoms. The Morgan fingerprint density at radius 1 is 1.28 bits per heavy atom. The average molecular weight is 347 g/mol. The molecule has 0 amide bonds. The van der Waals surface area contributed by atoms with E-state index in [9.17, 15) is 0 Å². The highest BCUT2D eigenvalue weighted by atomic mass is 16.5. The lowest BCUT2D eigenvalue weighted by atomic mass is 10.1. The molecule has 1 aliphatic heterocycles. The number of ether oxygens (including phenoxy) is 1. The Bertz CT molecular complexity index is 492. The SMILES string of the molecule is CCNC(=NCC1CCCN1CCOC)NCCCc1ccccc1. The number of hydrogen-bond donors (Lipinski definition) is 2. The summed E-state index contributed by atoms with van der Waals surface area (Å²) in [4.78, 5) is 7.32. The van der Waals surface area contributed by atoms with Crippen molar-refractivity contribution in [1.29, 1.82) is 0 Å². The Labute approximate surface area is 152 Å². The van der Waals surface area contributed by atoms with Crippen LogP contribution in [0.4, 0.5) is 0 Å². The van der Waals surface area contributed by atoms with Crippen LogP contribution in [0.2, 0.25) is 0 Å². The van der Waals surface area contributed by atoms with Gasteiger partial charge in [0.05, 0.1) is 13.2 Å². The molecule has 25 heavy (non-hydrogen) atoms. The molecule has 0 aromatic heterocycles. The molecule has 5 heteroatoms. The van der Waals surface area contributed by atoms with E-state index in [0.29, 0.717) is 6.04 Å². The van der Waals surface area contributed by atoms with Crippen LogP contribution in [0.5, 0.6) is 0 Å². The Balaban J connectivity index is 1.73. The second-order valence-corrected chi connectivity index (χ2v) is 6.56. The van der Waals surface area contributed by atoms with Crippen LogP contribution in [-0.4, -0.2) is 63.3 Å². The maximum Gasteiger partial charge on any atom is 0.191 e. The van der Waals surface area contributed by atoms with Crippen LogP contribution in [0.3, 0.4) is 0 Å². The zero-order chi connectivity index (χ0) is 17.7. The third-order valence-electron chi connectivity index (χ3n) is 4.66. The van der Waals surface area contributed by atoms with E-state index < -0.39 is 0 Å². The molecule has 0 radical (unpaired) electrons. The lowest BCUT2D eigenvalue weighted by Crippen LogP contribution is -2.40. The fraction of sp³-hybridized carbons (Fsp3) is 0.650. The minimum absolute atomic E-state index is 0.551. The Hall–Kier alpha value is -1.59. The van der Waals surface area contributed by atoms with Crippen LogP contribution in [0, 0.1) is 0 Å². The molecule has 1 saturated heterocycles. The van der Waals surface area contributed by atoms with Crippen molar-refractivity contribution in [3.05, 3.63) is 35.9 Å². The highest BCUT2D eigenvalue weighted by Gasteiger charge is 2.23. The number of aliphatic imine (C=N–C) groups is 1. The molecule has 2 rings (SSSR count). The lowest BCUT2D eigenvalue weighted by molar-refractivity contribution is 0.142. The first kappa shape index (κ1) is 19.7. The molecule has 5 nitrogen and oxygen atoms in total. The van der Waals surface area contributed by atoms with Crippen molar-refractivity contribution in [1.82, 2.24) is 15.5 Å². The summed E-state index contributed by atoms with van der Waals surface area (Å²) in [6, 6.07) is 11.2. The highest BCUT2D eigenvalue weighted by molar-refractivity contribution is 5.79. The number of hydrogen-bond acceptors (Lipinski definition) is 3. The standard InChI is InChI=1S/C20H34N4O/c1-3-21-20(22-13-7-11-18-9-5-4-6-10-18)23-17-19-12-8-14-24(19)15-16-25-2/h4-6,9-10,19H,3,7-8,11-17H2,1-2H3,(H2,21,22,23). The summed E-state index contributed by atoms with van der Waals surface area (Å²) in [6.07, 6.45) is 4.71. The quantitative estimate of drug-likeness (QED) is 0.388. The number of aryl methyl sites for hydroxylation is 1. The van der Waals surface area contributed by atoms with Crippen LogP contribution >= 0.6 is 0 Å². The Morgan fingerprint density at radius 3 is 2.88 bits per heavy atom. The number of guanidine groups is 1. The van der Waals surface area contributed by atoms with Gasteiger partial charge in [0.25, 0.3) is 0 Å². The van der Waals surface area contributed by atoms with E-state index in [0.717, 1.165) is 51.6 Å². The monoisotopic (exact) mass is 346 g/mol. The second kappa shape index (κ2) is 11.9. The number of methoxy groups -OCH3 is 1. The summed E-state index contributed by atoms with van der Waals surface area (Å²) in [6.45, 7) is 7.79. The van der Waals surface area contributed by atoms with Gasteiger partial charge in [-0.05, 0) is 44.7 Å². The molecule has 140 valence electrons.